The van der Waals surface area contributed by atoms with E-state index in [1.165, 1.54) is 6.07 Å². The summed E-state index contributed by atoms with van der Waals surface area (Å²) in [5.41, 5.74) is 1.76. The second kappa shape index (κ2) is 4.19. The van der Waals surface area contributed by atoms with E-state index in [2.05, 4.69) is 9.97 Å². The molecule has 1 saturated carbocycles. The van der Waals surface area contributed by atoms with E-state index in [-0.39, 0.29) is 17.7 Å². The van der Waals surface area contributed by atoms with Crippen molar-refractivity contribution in [3.05, 3.63) is 41.6 Å². The maximum absolute atomic E-state index is 13.7. The van der Waals surface area contributed by atoms with E-state index in [4.69, 9.17) is 5.11 Å². The van der Waals surface area contributed by atoms with Gasteiger partial charge in [0, 0.05) is 17.2 Å². The maximum Gasteiger partial charge on any atom is 0.307 e. The fourth-order valence-corrected chi connectivity index (χ4v) is 2.34. The molecule has 2 N–H and O–H groups in total. The van der Waals surface area contributed by atoms with Gasteiger partial charge in [-0.05, 0) is 25.5 Å². The number of H-pyrrole nitrogens is 1. The highest BCUT2D eigenvalue weighted by Crippen LogP contribution is 2.47. The molecule has 4 nitrogen and oxygen atoms in total. The minimum Gasteiger partial charge on any atom is -0.481 e. The Labute approximate surface area is 109 Å². The van der Waals surface area contributed by atoms with Crippen molar-refractivity contribution in [2.75, 3.05) is 0 Å². The molecule has 1 fully saturated rings. The number of hydrogen-bond donors (Lipinski definition) is 2. The lowest BCUT2D eigenvalue weighted by atomic mass is 10.1. The van der Waals surface area contributed by atoms with Gasteiger partial charge in [0.05, 0.1) is 11.6 Å². The molecule has 1 aromatic heterocycles. The summed E-state index contributed by atoms with van der Waals surface area (Å²) >= 11 is 0. The fourth-order valence-electron chi connectivity index (χ4n) is 2.34. The zero-order valence-corrected chi connectivity index (χ0v) is 10.4. The number of carboxylic acids is 1. The molecule has 1 aromatic carbocycles. The third-order valence-corrected chi connectivity index (χ3v) is 3.49. The van der Waals surface area contributed by atoms with Crippen molar-refractivity contribution in [2.45, 2.75) is 19.3 Å². The molecule has 0 bridgehead atoms. The van der Waals surface area contributed by atoms with E-state index >= 15 is 0 Å². The molecule has 1 heterocycles. The summed E-state index contributed by atoms with van der Waals surface area (Å²) in [6.07, 6.45) is 0.596. The van der Waals surface area contributed by atoms with Gasteiger partial charge >= 0.3 is 5.97 Å². The van der Waals surface area contributed by atoms with Gasteiger partial charge in [0.25, 0.3) is 0 Å². The number of nitrogens with zero attached hydrogens (tertiary/aromatic N) is 1. The zero-order chi connectivity index (χ0) is 13.6. The van der Waals surface area contributed by atoms with E-state index in [0.29, 0.717) is 23.5 Å². The number of nitrogens with one attached hydrogen (secondary N) is 1. The van der Waals surface area contributed by atoms with E-state index in [0.717, 1.165) is 5.69 Å². The van der Waals surface area contributed by atoms with Gasteiger partial charge in [0.15, 0.2) is 0 Å². The van der Waals surface area contributed by atoms with Crippen molar-refractivity contribution in [3.8, 4) is 11.3 Å². The van der Waals surface area contributed by atoms with Crippen molar-refractivity contribution in [1.29, 1.82) is 0 Å². The molecule has 0 saturated heterocycles. The van der Waals surface area contributed by atoms with E-state index in [1.807, 2.05) is 6.92 Å². The van der Waals surface area contributed by atoms with Crippen LogP contribution in [0.1, 0.15) is 23.9 Å². The molecule has 0 radical (unpaired) electrons. The summed E-state index contributed by atoms with van der Waals surface area (Å²) in [7, 11) is 0. The second-order valence-electron chi connectivity index (χ2n) is 4.86. The Hall–Kier alpha value is -2.17. The van der Waals surface area contributed by atoms with Crippen molar-refractivity contribution < 1.29 is 14.3 Å². The van der Waals surface area contributed by atoms with Crippen LogP contribution >= 0.6 is 0 Å². The monoisotopic (exact) mass is 260 g/mol. The lowest BCUT2D eigenvalue weighted by Gasteiger charge is -1.99. The molecule has 3 rings (SSSR count). The first-order valence-corrected chi connectivity index (χ1v) is 6.12. The summed E-state index contributed by atoms with van der Waals surface area (Å²) in [5.74, 6) is -0.917. The number of halogens is 1. The van der Waals surface area contributed by atoms with Crippen molar-refractivity contribution >= 4 is 5.97 Å². The van der Waals surface area contributed by atoms with Crippen molar-refractivity contribution in [2.24, 2.45) is 5.92 Å². The van der Waals surface area contributed by atoms with Crippen LogP contribution in [0.2, 0.25) is 0 Å². The molecule has 1 aliphatic carbocycles. The quantitative estimate of drug-likeness (QED) is 0.891. The summed E-state index contributed by atoms with van der Waals surface area (Å²) in [5, 5.41) is 8.92. The third-order valence-electron chi connectivity index (χ3n) is 3.49. The minimum atomic E-state index is -0.800. The summed E-state index contributed by atoms with van der Waals surface area (Å²) in [4.78, 5) is 18.3. The minimum absolute atomic E-state index is 0.0725. The molecule has 2 atom stereocenters. The smallest absolute Gasteiger partial charge is 0.307 e. The number of carboxylic acid groups (broad SMARTS) is 1. The van der Waals surface area contributed by atoms with Crippen LogP contribution < -0.4 is 0 Å². The number of rotatable bonds is 3. The highest BCUT2D eigenvalue weighted by Gasteiger charge is 2.46. The van der Waals surface area contributed by atoms with Crippen molar-refractivity contribution in [3.63, 3.8) is 0 Å². The Morgan fingerprint density at radius 2 is 2.21 bits per heavy atom. The van der Waals surface area contributed by atoms with Crippen LogP contribution in [0.25, 0.3) is 11.3 Å². The average molecular weight is 260 g/mol. The first kappa shape index (κ1) is 11.9. The SMILES string of the molecule is Cc1[nH]c(C2CC2C(=O)O)nc1-c1ccccc1F. The number of aliphatic carboxylic acids is 1. The van der Waals surface area contributed by atoms with Gasteiger partial charge in [-0.3, -0.25) is 4.79 Å². The number of aryl methyl sites for hydroxylation is 1. The highest BCUT2D eigenvalue weighted by atomic mass is 19.1. The first-order valence-electron chi connectivity index (χ1n) is 6.12. The predicted molar refractivity (Wildman–Crippen MR) is 67.2 cm³/mol. The van der Waals surface area contributed by atoms with Gasteiger partial charge in [-0.2, -0.15) is 0 Å². The van der Waals surface area contributed by atoms with Gasteiger partial charge in [0.2, 0.25) is 0 Å². The second-order valence-corrected chi connectivity index (χ2v) is 4.86. The van der Waals surface area contributed by atoms with Crippen LogP contribution in [0.3, 0.4) is 0 Å². The van der Waals surface area contributed by atoms with Crippen molar-refractivity contribution in [1.82, 2.24) is 9.97 Å². The zero-order valence-electron chi connectivity index (χ0n) is 10.4. The third kappa shape index (κ3) is 2.01. The summed E-state index contributed by atoms with van der Waals surface area (Å²) in [6, 6.07) is 6.44. The molecular weight excluding hydrogens is 247 g/mol. The first-order chi connectivity index (χ1) is 9.08. The molecule has 1 aliphatic rings. The lowest BCUT2D eigenvalue weighted by molar-refractivity contribution is -0.138. The molecule has 2 aromatic rings. The van der Waals surface area contributed by atoms with E-state index in [9.17, 15) is 9.18 Å². The number of imidazole rings is 1. The molecule has 0 spiro atoms. The Morgan fingerprint density at radius 3 is 2.84 bits per heavy atom. The topological polar surface area (TPSA) is 66.0 Å². The van der Waals surface area contributed by atoms with Gasteiger partial charge in [0.1, 0.15) is 11.6 Å². The van der Waals surface area contributed by atoms with Crippen LogP contribution in [-0.4, -0.2) is 21.0 Å². The van der Waals surface area contributed by atoms with Crippen LogP contribution in [-0.2, 0) is 4.79 Å². The average Bonchev–Trinajstić information content (AvgIpc) is 3.08. The molecule has 2 unspecified atom stereocenters. The number of benzene rings is 1. The van der Waals surface area contributed by atoms with E-state index in [1.54, 1.807) is 18.2 Å². The van der Waals surface area contributed by atoms with Gasteiger partial charge in [-0.25, -0.2) is 9.37 Å². The molecular formula is C14H13FN2O2. The van der Waals surface area contributed by atoms with Crippen LogP contribution in [0.4, 0.5) is 4.39 Å². The summed E-state index contributed by atoms with van der Waals surface area (Å²) < 4.78 is 13.7. The number of carbonyl (C=O) groups is 1. The van der Waals surface area contributed by atoms with Gasteiger partial charge < -0.3 is 10.1 Å². The van der Waals surface area contributed by atoms with E-state index < -0.39 is 5.97 Å². The fraction of sp³-hybridized carbons (Fsp3) is 0.286. The predicted octanol–water partition coefficient (Wildman–Crippen LogP) is 2.71. The molecule has 5 heteroatoms. The number of aromatic amines is 1. The summed E-state index contributed by atoms with van der Waals surface area (Å²) in [6.45, 7) is 1.82. The van der Waals surface area contributed by atoms with Gasteiger partial charge in [-0.1, -0.05) is 12.1 Å². The number of hydrogen-bond acceptors (Lipinski definition) is 2. The van der Waals surface area contributed by atoms with Gasteiger partial charge in [-0.15, -0.1) is 0 Å². The number of aromatic nitrogens is 2. The molecule has 0 aliphatic heterocycles. The maximum atomic E-state index is 13.7. The Bertz CT molecular complexity index is 651. The normalized spacial score (nSPS) is 21.4. The largest absolute Gasteiger partial charge is 0.481 e. The van der Waals surface area contributed by atoms with Crippen LogP contribution in [0.15, 0.2) is 24.3 Å². The molecule has 19 heavy (non-hydrogen) atoms. The molecule has 98 valence electrons. The Balaban J connectivity index is 1.95. The van der Waals surface area contributed by atoms with Crippen LogP contribution in [0, 0.1) is 18.7 Å². The lowest BCUT2D eigenvalue weighted by Crippen LogP contribution is -1.99. The van der Waals surface area contributed by atoms with Crippen LogP contribution in [0.5, 0.6) is 0 Å². The molecule has 0 amide bonds. The Kier molecular flexibility index (Phi) is 2.62. The highest BCUT2D eigenvalue weighted by molar-refractivity contribution is 5.75. The Morgan fingerprint density at radius 1 is 1.47 bits per heavy atom. The standard InChI is InChI=1S/C14H13FN2O2/c1-7-12(8-4-2-3-5-11(8)15)17-13(16-7)9-6-10(9)14(18)19/h2-5,9-10H,6H2,1H3,(H,16,17)(H,18,19).